The maximum Gasteiger partial charge on any atom is 0.271 e. The first kappa shape index (κ1) is 9.42. The Bertz CT molecular complexity index is 53.7. The third kappa shape index (κ3) is 7830. The van der Waals surface area contributed by atoms with Gasteiger partial charge >= 0.3 is 0 Å². The molecule has 0 radical (unpaired) electrons. The SMILES string of the molecule is N.NP(N)(N)=O. The fraction of sp³-hybridized carbons (Fsp3) is 0. The molecule has 0 heterocycles. The van der Waals surface area contributed by atoms with Crippen LogP contribution in [0.4, 0.5) is 0 Å². The molecular weight excluding hydrogens is 103 g/mol. The van der Waals surface area contributed by atoms with Crippen molar-refractivity contribution < 1.29 is 4.57 Å². The molecule has 9 N–H and O–H groups in total. The zero-order valence-electron chi connectivity index (χ0n) is 3.29. The lowest BCUT2D eigenvalue weighted by Crippen LogP contribution is -2.12. The van der Waals surface area contributed by atoms with Gasteiger partial charge in [-0.3, -0.25) is 21.1 Å². The van der Waals surface area contributed by atoms with Gasteiger partial charge in [0.2, 0.25) is 0 Å². The van der Waals surface area contributed by atoms with Crippen molar-refractivity contribution in [1.29, 1.82) is 0 Å². The molecule has 0 aliphatic carbocycles. The van der Waals surface area contributed by atoms with Crippen LogP contribution in [0.2, 0.25) is 0 Å². The average Bonchev–Trinajstić information content (AvgIpc) is 0.722. The van der Waals surface area contributed by atoms with Crippen molar-refractivity contribution in [3.05, 3.63) is 0 Å². The number of nitrogens with two attached hydrogens (primary N) is 3. The summed E-state index contributed by atoms with van der Waals surface area (Å²) in [6, 6.07) is 0. The Morgan fingerprint density at radius 2 is 1.17 bits per heavy atom. The number of hydrogen-bond donors (Lipinski definition) is 4. The highest BCUT2D eigenvalue weighted by atomic mass is 31.2. The Balaban J connectivity index is 0. The standard InChI is InChI=1S/H6N3OP.H3N/c1-5(2,3)4;/h(H6,1,2,3,4);1H3. The van der Waals surface area contributed by atoms with Crippen molar-refractivity contribution in [2.75, 3.05) is 0 Å². The van der Waals surface area contributed by atoms with E-state index in [1.165, 1.54) is 0 Å². The Morgan fingerprint density at radius 1 is 1.17 bits per heavy atom. The summed E-state index contributed by atoms with van der Waals surface area (Å²) in [5.41, 5.74) is 13.4. The molecular formula is H9N4OP. The first-order chi connectivity index (χ1) is 2.00. The van der Waals surface area contributed by atoms with Gasteiger partial charge in [-0.1, -0.05) is 0 Å². The van der Waals surface area contributed by atoms with E-state index in [2.05, 4.69) is 16.5 Å². The van der Waals surface area contributed by atoms with E-state index in [9.17, 15) is 4.57 Å². The van der Waals surface area contributed by atoms with Crippen molar-refractivity contribution >= 4 is 7.59 Å². The van der Waals surface area contributed by atoms with Gasteiger partial charge in [-0.25, -0.2) is 0 Å². The normalized spacial score (nSPS) is 9.83. The predicted octanol–water partition coefficient (Wildman–Crippen LogP) is -0.867. The Kier molecular flexibility index (Phi) is 3.58. The summed E-state index contributed by atoms with van der Waals surface area (Å²) in [6.07, 6.45) is 0. The highest BCUT2D eigenvalue weighted by Gasteiger charge is 1.90. The van der Waals surface area contributed by atoms with E-state index < -0.39 is 7.59 Å². The summed E-state index contributed by atoms with van der Waals surface area (Å²) in [4.78, 5) is 0. The summed E-state index contributed by atoms with van der Waals surface area (Å²) >= 11 is 0. The van der Waals surface area contributed by atoms with Crippen molar-refractivity contribution in [2.24, 2.45) is 16.5 Å². The van der Waals surface area contributed by atoms with E-state index in [0.717, 1.165) is 0 Å². The van der Waals surface area contributed by atoms with Gasteiger partial charge in [0.1, 0.15) is 0 Å². The molecule has 0 aromatic carbocycles. The molecule has 0 aromatic rings. The van der Waals surface area contributed by atoms with E-state index in [-0.39, 0.29) is 6.15 Å². The minimum Gasteiger partial charge on any atom is -0.344 e. The van der Waals surface area contributed by atoms with E-state index in [1.807, 2.05) is 0 Å². The summed E-state index contributed by atoms with van der Waals surface area (Å²) in [7, 11) is -3.14. The van der Waals surface area contributed by atoms with Gasteiger partial charge in [0, 0.05) is 0 Å². The number of rotatable bonds is 0. The van der Waals surface area contributed by atoms with Gasteiger partial charge < -0.3 is 6.15 Å². The maximum atomic E-state index is 9.55. The molecule has 0 bridgehead atoms. The molecule has 6 heteroatoms. The monoisotopic (exact) mass is 112 g/mol. The number of hydrogen-bond acceptors (Lipinski definition) is 2. The molecule has 0 aromatic heterocycles. The quantitative estimate of drug-likeness (QED) is 0.302. The van der Waals surface area contributed by atoms with Crippen LogP contribution in [0, 0.1) is 0 Å². The molecule has 0 amide bonds. The second kappa shape index (κ2) is 2.28. The van der Waals surface area contributed by atoms with Gasteiger partial charge in [0.05, 0.1) is 0 Å². The maximum absolute atomic E-state index is 9.55. The van der Waals surface area contributed by atoms with Crippen LogP contribution in [0.1, 0.15) is 0 Å². The fourth-order valence-electron chi connectivity index (χ4n) is 0. The largest absolute Gasteiger partial charge is 0.344 e. The zero-order chi connectivity index (χ0) is 4.50. The van der Waals surface area contributed by atoms with Crippen molar-refractivity contribution in [1.82, 2.24) is 6.15 Å². The van der Waals surface area contributed by atoms with E-state index in [4.69, 9.17) is 0 Å². The molecule has 40 valence electrons. The van der Waals surface area contributed by atoms with Crippen LogP contribution in [0.15, 0.2) is 0 Å². The van der Waals surface area contributed by atoms with Crippen molar-refractivity contribution in [3.8, 4) is 0 Å². The topological polar surface area (TPSA) is 130 Å². The molecule has 0 fully saturated rings. The molecule has 6 heavy (non-hydrogen) atoms. The summed E-state index contributed by atoms with van der Waals surface area (Å²) in [6.45, 7) is 0. The summed E-state index contributed by atoms with van der Waals surface area (Å²) in [5.74, 6) is 0. The molecule has 0 saturated heterocycles. The van der Waals surface area contributed by atoms with Gasteiger partial charge in [-0.05, 0) is 0 Å². The van der Waals surface area contributed by atoms with Crippen molar-refractivity contribution in [2.45, 2.75) is 0 Å². The third-order valence-electron chi connectivity index (χ3n) is 0. The second-order valence-corrected chi connectivity index (χ2v) is 2.29. The molecule has 0 aliphatic heterocycles. The second-order valence-electron chi connectivity index (χ2n) is 0.763. The molecule has 0 saturated carbocycles. The minimum atomic E-state index is -3.14. The van der Waals surface area contributed by atoms with Crippen LogP contribution in [0.5, 0.6) is 0 Å². The van der Waals surface area contributed by atoms with Gasteiger partial charge in [-0.15, -0.1) is 0 Å². The lowest BCUT2D eigenvalue weighted by atomic mass is 13.8. The molecule has 5 nitrogen and oxygen atoms in total. The Labute approximate surface area is 36.0 Å². The van der Waals surface area contributed by atoms with E-state index >= 15 is 0 Å². The molecule has 0 atom stereocenters. The lowest BCUT2D eigenvalue weighted by Gasteiger charge is -1.88. The van der Waals surface area contributed by atoms with Gasteiger partial charge in [0.15, 0.2) is 0 Å². The van der Waals surface area contributed by atoms with Crippen LogP contribution in [0.3, 0.4) is 0 Å². The van der Waals surface area contributed by atoms with Crippen LogP contribution in [-0.2, 0) is 4.57 Å². The smallest absolute Gasteiger partial charge is 0.271 e. The van der Waals surface area contributed by atoms with Crippen molar-refractivity contribution in [3.63, 3.8) is 0 Å². The molecule has 0 unspecified atom stereocenters. The van der Waals surface area contributed by atoms with E-state index in [1.54, 1.807) is 0 Å². The van der Waals surface area contributed by atoms with Gasteiger partial charge in [0.25, 0.3) is 7.59 Å². The third-order valence-corrected chi connectivity index (χ3v) is 0. The highest BCUT2D eigenvalue weighted by molar-refractivity contribution is 7.56. The first-order valence-corrected chi connectivity index (χ1v) is 2.87. The summed E-state index contributed by atoms with van der Waals surface area (Å²) < 4.78 is 9.55. The lowest BCUT2D eigenvalue weighted by molar-refractivity contribution is 0.577. The highest BCUT2D eigenvalue weighted by Crippen LogP contribution is 2.06. The average molecular weight is 112 g/mol. The molecule has 0 rings (SSSR count). The predicted molar refractivity (Wildman–Crippen MR) is 25.2 cm³/mol. The van der Waals surface area contributed by atoms with Crippen LogP contribution in [-0.4, -0.2) is 0 Å². The molecule has 0 aliphatic rings. The van der Waals surface area contributed by atoms with Gasteiger partial charge in [-0.2, -0.15) is 0 Å². The summed E-state index contributed by atoms with van der Waals surface area (Å²) in [5, 5.41) is 0. The molecule has 0 spiro atoms. The van der Waals surface area contributed by atoms with Crippen LogP contribution < -0.4 is 22.7 Å². The Morgan fingerprint density at radius 3 is 1.17 bits per heavy atom. The fourth-order valence-corrected chi connectivity index (χ4v) is 0. The van der Waals surface area contributed by atoms with Crippen LogP contribution in [0.25, 0.3) is 0 Å². The van der Waals surface area contributed by atoms with Crippen LogP contribution >= 0.6 is 7.59 Å². The zero-order valence-corrected chi connectivity index (χ0v) is 4.19. The minimum absolute atomic E-state index is 0. The Hall–Kier alpha value is 0.0700. The first-order valence-electron chi connectivity index (χ1n) is 0.957. The van der Waals surface area contributed by atoms with E-state index in [0.29, 0.717) is 0 Å².